The molecule has 29 heavy (non-hydrogen) atoms. The second-order valence-electron chi connectivity index (χ2n) is 8.25. The van der Waals surface area contributed by atoms with Gasteiger partial charge >= 0.3 is 0 Å². The van der Waals surface area contributed by atoms with Gasteiger partial charge in [-0.15, -0.1) is 0 Å². The largest absolute Gasteiger partial charge is 0.379 e. The zero-order chi connectivity index (χ0) is 20.2. The molecule has 0 aromatic carbocycles. The topological polar surface area (TPSA) is 50.6 Å². The van der Waals surface area contributed by atoms with Crippen LogP contribution in [0.4, 0.5) is 0 Å². The molecule has 1 atom stereocenters. The van der Waals surface area contributed by atoms with Crippen LogP contribution in [0.25, 0.3) is 0 Å². The van der Waals surface area contributed by atoms with E-state index in [4.69, 9.17) is 4.74 Å². The van der Waals surface area contributed by atoms with E-state index in [0.29, 0.717) is 6.04 Å². The number of pyridine rings is 1. The van der Waals surface area contributed by atoms with Crippen molar-refractivity contribution >= 4 is 5.91 Å². The number of carbonyl (C=O) groups excluding carboxylic acids is 1. The van der Waals surface area contributed by atoms with E-state index in [0.717, 1.165) is 75.7 Å². The lowest BCUT2D eigenvalue weighted by Gasteiger charge is -2.34. The van der Waals surface area contributed by atoms with Crippen LogP contribution in [0.1, 0.15) is 46.6 Å². The zero-order valence-electron chi connectivity index (χ0n) is 17.6. The molecule has 2 aliphatic heterocycles. The summed E-state index contributed by atoms with van der Waals surface area (Å²) in [5, 5.41) is 0. The fraction of sp³-hybridized carbons (Fsp3) is 0.565. The highest BCUT2D eigenvalue weighted by molar-refractivity contribution is 5.95. The fourth-order valence-electron chi connectivity index (χ4n) is 4.69. The molecule has 0 N–H and O–H groups in total. The van der Waals surface area contributed by atoms with Gasteiger partial charge in [-0.05, 0) is 56.9 Å². The molecule has 0 spiro atoms. The highest BCUT2D eigenvalue weighted by atomic mass is 16.5. The molecule has 0 radical (unpaired) electrons. The summed E-state index contributed by atoms with van der Waals surface area (Å²) in [5.74, 6) is 0.182. The van der Waals surface area contributed by atoms with E-state index in [-0.39, 0.29) is 5.91 Å². The second kappa shape index (κ2) is 9.09. The molecular formula is C23H32N4O2. The second-order valence-corrected chi connectivity index (χ2v) is 8.25. The molecule has 0 bridgehead atoms. The maximum absolute atomic E-state index is 13.3. The number of nitrogens with zero attached hydrogens (tertiary/aromatic N) is 4. The van der Waals surface area contributed by atoms with E-state index in [1.54, 1.807) is 0 Å². The summed E-state index contributed by atoms with van der Waals surface area (Å²) in [4.78, 5) is 22.1. The third kappa shape index (κ3) is 4.54. The van der Waals surface area contributed by atoms with Crippen molar-refractivity contribution in [2.75, 3.05) is 39.4 Å². The fourth-order valence-corrected chi connectivity index (χ4v) is 4.69. The Morgan fingerprint density at radius 1 is 1.10 bits per heavy atom. The number of rotatable bonds is 4. The van der Waals surface area contributed by atoms with Crippen molar-refractivity contribution in [1.82, 2.24) is 19.4 Å². The smallest absolute Gasteiger partial charge is 0.255 e. The average molecular weight is 397 g/mol. The number of aromatic nitrogens is 2. The minimum atomic E-state index is 0.182. The van der Waals surface area contributed by atoms with Gasteiger partial charge in [0.2, 0.25) is 0 Å². The molecule has 0 saturated carbocycles. The van der Waals surface area contributed by atoms with Gasteiger partial charge in [-0.2, -0.15) is 0 Å². The third-order valence-corrected chi connectivity index (χ3v) is 6.44. The molecule has 4 rings (SSSR count). The highest BCUT2D eigenvalue weighted by Gasteiger charge is 2.27. The summed E-state index contributed by atoms with van der Waals surface area (Å²) < 4.78 is 7.73. The number of likely N-dealkylation sites (tertiary alicyclic amines) is 1. The molecule has 2 saturated heterocycles. The zero-order valence-corrected chi connectivity index (χ0v) is 17.6. The van der Waals surface area contributed by atoms with Crippen molar-refractivity contribution < 1.29 is 9.53 Å². The Kier molecular flexibility index (Phi) is 6.31. The predicted octanol–water partition coefficient (Wildman–Crippen LogP) is 2.88. The molecule has 6 heteroatoms. The van der Waals surface area contributed by atoms with Gasteiger partial charge in [0.25, 0.3) is 5.91 Å². The lowest BCUT2D eigenvalue weighted by atomic mass is 10.1. The maximum Gasteiger partial charge on any atom is 0.255 e. The summed E-state index contributed by atoms with van der Waals surface area (Å²) in [6.07, 6.45) is 6.94. The number of ether oxygens (including phenoxy) is 1. The van der Waals surface area contributed by atoms with Gasteiger partial charge in [0.05, 0.1) is 18.8 Å². The normalized spacial score (nSPS) is 21.2. The van der Waals surface area contributed by atoms with Gasteiger partial charge in [0, 0.05) is 62.5 Å². The van der Waals surface area contributed by atoms with Crippen LogP contribution in [-0.4, -0.2) is 70.7 Å². The van der Waals surface area contributed by atoms with E-state index < -0.39 is 0 Å². The van der Waals surface area contributed by atoms with Crippen LogP contribution in [0.3, 0.4) is 0 Å². The monoisotopic (exact) mass is 396 g/mol. The molecule has 0 aliphatic carbocycles. The SMILES string of the molecule is Cc1cc(C(=O)N2CCCC(N3CCOCC3)CC2)c(C)n1Cc1ccncc1. The molecule has 1 unspecified atom stereocenters. The molecule has 2 aromatic heterocycles. The third-order valence-electron chi connectivity index (χ3n) is 6.44. The van der Waals surface area contributed by atoms with Crippen molar-refractivity contribution in [3.8, 4) is 0 Å². The van der Waals surface area contributed by atoms with Gasteiger partial charge in [0.1, 0.15) is 0 Å². The van der Waals surface area contributed by atoms with Crippen LogP contribution < -0.4 is 0 Å². The Balaban J connectivity index is 1.44. The average Bonchev–Trinajstić information content (AvgIpc) is 2.93. The van der Waals surface area contributed by atoms with E-state index in [9.17, 15) is 4.79 Å². The number of hydrogen-bond donors (Lipinski definition) is 0. The van der Waals surface area contributed by atoms with E-state index in [2.05, 4.69) is 39.3 Å². The van der Waals surface area contributed by atoms with Gasteiger partial charge in [-0.3, -0.25) is 14.7 Å². The summed E-state index contributed by atoms with van der Waals surface area (Å²) >= 11 is 0. The van der Waals surface area contributed by atoms with Crippen molar-refractivity contribution in [1.29, 1.82) is 0 Å². The Bertz CT molecular complexity index is 827. The van der Waals surface area contributed by atoms with Crippen LogP contribution in [0.15, 0.2) is 30.6 Å². The first-order valence-corrected chi connectivity index (χ1v) is 10.8. The maximum atomic E-state index is 13.3. The quantitative estimate of drug-likeness (QED) is 0.797. The summed E-state index contributed by atoms with van der Waals surface area (Å²) in [6.45, 7) is 10.3. The van der Waals surface area contributed by atoms with Crippen molar-refractivity contribution in [3.05, 3.63) is 53.1 Å². The van der Waals surface area contributed by atoms with E-state index >= 15 is 0 Å². The molecule has 156 valence electrons. The van der Waals surface area contributed by atoms with Crippen molar-refractivity contribution in [2.24, 2.45) is 0 Å². The van der Waals surface area contributed by atoms with Crippen LogP contribution in [-0.2, 0) is 11.3 Å². The Morgan fingerprint density at radius 3 is 2.62 bits per heavy atom. The van der Waals surface area contributed by atoms with Gasteiger partial charge in [-0.1, -0.05) is 0 Å². The van der Waals surface area contributed by atoms with Gasteiger partial charge in [-0.25, -0.2) is 0 Å². The summed E-state index contributed by atoms with van der Waals surface area (Å²) in [5.41, 5.74) is 4.23. The molecular weight excluding hydrogens is 364 g/mol. The molecule has 2 aromatic rings. The lowest BCUT2D eigenvalue weighted by molar-refractivity contribution is 0.0135. The Morgan fingerprint density at radius 2 is 1.86 bits per heavy atom. The molecule has 1 amide bonds. The van der Waals surface area contributed by atoms with Crippen molar-refractivity contribution in [2.45, 2.75) is 45.7 Å². The van der Waals surface area contributed by atoms with Crippen LogP contribution in [0.5, 0.6) is 0 Å². The molecule has 6 nitrogen and oxygen atoms in total. The number of hydrogen-bond acceptors (Lipinski definition) is 4. The molecule has 4 heterocycles. The van der Waals surface area contributed by atoms with Gasteiger partial charge in [0.15, 0.2) is 0 Å². The highest BCUT2D eigenvalue weighted by Crippen LogP contribution is 2.23. The van der Waals surface area contributed by atoms with Crippen LogP contribution >= 0.6 is 0 Å². The Hall–Kier alpha value is -2.18. The first kappa shape index (κ1) is 20.1. The summed E-state index contributed by atoms with van der Waals surface area (Å²) in [6, 6.07) is 6.70. The first-order valence-electron chi connectivity index (χ1n) is 10.8. The van der Waals surface area contributed by atoms with Gasteiger partial charge < -0.3 is 14.2 Å². The van der Waals surface area contributed by atoms with Crippen molar-refractivity contribution in [3.63, 3.8) is 0 Å². The van der Waals surface area contributed by atoms with Crippen LogP contribution in [0, 0.1) is 13.8 Å². The lowest BCUT2D eigenvalue weighted by Crippen LogP contribution is -2.44. The molecule has 2 fully saturated rings. The number of morpholine rings is 1. The van der Waals surface area contributed by atoms with E-state index in [1.165, 1.54) is 12.0 Å². The van der Waals surface area contributed by atoms with Crippen LogP contribution in [0.2, 0.25) is 0 Å². The standard InChI is InChI=1S/C23H32N4O2/c1-18-16-22(19(2)27(18)17-20-5-8-24-9-6-20)23(28)26-10-3-4-21(7-11-26)25-12-14-29-15-13-25/h5-6,8-9,16,21H,3-4,7,10-15,17H2,1-2H3. The first-order chi connectivity index (χ1) is 14.1. The van der Waals surface area contributed by atoms with E-state index in [1.807, 2.05) is 24.5 Å². The Labute approximate surface area is 173 Å². The number of amides is 1. The minimum absolute atomic E-state index is 0.182. The number of aryl methyl sites for hydroxylation is 1. The predicted molar refractivity (Wildman–Crippen MR) is 113 cm³/mol. The minimum Gasteiger partial charge on any atom is -0.379 e. The summed E-state index contributed by atoms with van der Waals surface area (Å²) in [7, 11) is 0. The molecule has 2 aliphatic rings. The number of carbonyl (C=O) groups is 1.